The molecule has 2 heterocycles. The highest BCUT2D eigenvalue weighted by atomic mass is 32.1. The van der Waals surface area contributed by atoms with Gasteiger partial charge in [0, 0.05) is 4.88 Å². The van der Waals surface area contributed by atoms with Crippen LogP contribution in [0.5, 0.6) is 0 Å². The molecule has 6 heteroatoms. The molecule has 0 aliphatic heterocycles. The molecule has 1 unspecified atom stereocenters. The molecule has 0 spiro atoms. The van der Waals surface area contributed by atoms with E-state index in [0.29, 0.717) is 10.2 Å². The SMILES string of the molecule is CC(C(=O)OC1CCCCC1)n1cnc2sc(-c3ccccc3)cc2c1=O. The zero-order chi connectivity index (χ0) is 18.8. The van der Waals surface area contributed by atoms with Crippen molar-refractivity contribution in [1.29, 1.82) is 0 Å². The Morgan fingerprint density at radius 2 is 1.96 bits per heavy atom. The van der Waals surface area contributed by atoms with Gasteiger partial charge in [-0.3, -0.25) is 9.36 Å². The van der Waals surface area contributed by atoms with Crippen molar-refractivity contribution >= 4 is 27.5 Å². The van der Waals surface area contributed by atoms with Gasteiger partial charge in [-0.25, -0.2) is 9.78 Å². The Morgan fingerprint density at radius 1 is 1.22 bits per heavy atom. The van der Waals surface area contributed by atoms with E-state index in [9.17, 15) is 9.59 Å². The van der Waals surface area contributed by atoms with Gasteiger partial charge >= 0.3 is 5.97 Å². The first-order valence-electron chi connectivity index (χ1n) is 9.40. The smallest absolute Gasteiger partial charge is 0.329 e. The van der Waals surface area contributed by atoms with Crippen LogP contribution in [0.2, 0.25) is 0 Å². The Balaban J connectivity index is 1.61. The maximum atomic E-state index is 12.9. The molecule has 1 aliphatic rings. The summed E-state index contributed by atoms with van der Waals surface area (Å²) in [7, 11) is 0. The molecular formula is C21H22N2O3S. The lowest BCUT2D eigenvalue weighted by Gasteiger charge is -2.24. The number of rotatable bonds is 4. The average molecular weight is 382 g/mol. The lowest BCUT2D eigenvalue weighted by molar-refractivity contribution is -0.154. The molecule has 5 nitrogen and oxygen atoms in total. The molecule has 1 saturated carbocycles. The molecule has 1 fully saturated rings. The molecular weight excluding hydrogens is 360 g/mol. The molecule has 3 aromatic rings. The third-order valence-electron chi connectivity index (χ3n) is 5.13. The molecule has 0 amide bonds. The predicted molar refractivity (Wildman–Crippen MR) is 107 cm³/mol. The van der Waals surface area contributed by atoms with E-state index in [1.54, 1.807) is 6.92 Å². The van der Waals surface area contributed by atoms with E-state index in [2.05, 4.69) is 4.98 Å². The first kappa shape index (κ1) is 17.9. The van der Waals surface area contributed by atoms with Gasteiger partial charge in [0.05, 0.1) is 11.7 Å². The number of benzene rings is 1. The monoisotopic (exact) mass is 382 g/mol. The van der Waals surface area contributed by atoms with E-state index in [-0.39, 0.29) is 17.6 Å². The molecule has 0 saturated heterocycles. The lowest BCUT2D eigenvalue weighted by Crippen LogP contribution is -2.32. The predicted octanol–water partition coefficient (Wildman–Crippen LogP) is 4.56. The van der Waals surface area contributed by atoms with Crippen molar-refractivity contribution in [3.8, 4) is 10.4 Å². The Labute approximate surface area is 161 Å². The van der Waals surface area contributed by atoms with E-state index in [1.807, 2.05) is 36.4 Å². The minimum Gasteiger partial charge on any atom is -0.461 e. The summed E-state index contributed by atoms with van der Waals surface area (Å²) >= 11 is 1.48. The molecule has 0 N–H and O–H groups in total. The first-order chi connectivity index (χ1) is 13.1. The summed E-state index contributed by atoms with van der Waals surface area (Å²) in [5, 5.41) is 0.540. The zero-order valence-corrected chi connectivity index (χ0v) is 16.1. The summed E-state index contributed by atoms with van der Waals surface area (Å²) in [5.41, 5.74) is 0.850. The highest BCUT2D eigenvalue weighted by Crippen LogP contribution is 2.31. The number of hydrogen-bond acceptors (Lipinski definition) is 5. The summed E-state index contributed by atoms with van der Waals surface area (Å²) in [6, 6.07) is 11.1. The molecule has 27 heavy (non-hydrogen) atoms. The Bertz CT molecular complexity index is 1000. The van der Waals surface area contributed by atoms with Crippen LogP contribution in [0, 0.1) is 0 Å². The third kappa shape index (κ3) is 3.67. The Hall–Kier alpha value is -2.47. The quantitative estimate of drug-likeness (QED) is 0.621. The topological polar surface area (TPSA) is 61.2 Å². The number of carbonyl (C=O) groups is 1. The van der Waals surface area contributed by atoms with Gasteiger partial charge < -0.3 is 4.74 Å². The maximum Gasteiger partial charge on any atom is 0.329 e. The molecule has 2 aromatic heterocycles. The minimum atomic E-state index is -0.684. The summed E-state index contributed by atoms with van der Waals surface area (Å²) in [4.78, 5) is 31.5. The standard InChI is InChI=1S/C21H22N2O3S/c1-14(21(25)26-16-10-6-3-7-11-16)23-13-22-19-17(20(23)24)12-18(27-19)15-8-4-2-5-9-15/h2,4-5,8-9,12-14,16H,3,6-7,10-11H2,1H3. The largest absolute Gasteiger partial charge is 0.461 e. The summed E-state index contributed by atoms with van der Waals surface area (Å²) in [6.07, 6.45) is 6.65. The summed E-state index contributed by atoms with van der Waals surface area (Å²) < 4.78 is 7.01. The third-order valence-corrected chi connectivity index (χ3v) is 6.22. The first-order valence-corrected chi connectivity index (χ1v) is 10.2. The zero-order valence-electron chi connectivity index (χ0n) is 15.3. The van der Waals surface area contributed by atoms with Gasteiger partial charge in [0.2, 0.25) is 0 Å². The van der Waals surface area contributed by atoms with E-state index in [0.717, 1.165) is 36.1 Å². The number of hydrogen-bond donors (Lipinski definition) is 0. The number of thiophene rings is 1. The average Bonchev–Trinajstić information content (AvgIpc) is 3.14. The Kier molecular flexibility index (Phi) is 5.07. The lowest BCUT2D eigenvalue weighted by atomic mass is 9.98. The summed E-state index contributed by atoms with van der Waals surface area (Å²) in [6.45, 7) is 1.70. The van der Waals surface area contributed by atoms with Gasteiger partial charge in [-0.2, -0.15) is 0 Å². The van der Waals surface area contributed by atoms with Gasteiger partial charge in [0.15, 0.2) is 0 Å². The number of aromatic nitrogens is 2. The van der Waals surface area contributed by atoms with Crippen molar-refractivity contribution < 1.29 is 9.53 Å². The Morgan fingerprint density at radius 3 is 2.70 bits per heavy atom. The highest BCUT2D eigenvalue weighted by molar-refractivity contribution is 7.21. The van der Waals surface area contributed by atoms with E-state index in [1.165, 1.54) is 28.7 Å². The fourth-order valence-electron chi connectivity index (χ4n) is 3.52. The fraction of sp³-hybridized carbons (Fsp3) is 0.381. The van der Waals surface area contributed by atoms with Crippen LogP contribution in [-0.4, -0.2) is 21.6 Å². The van der Waals surface area contributed by atoms with Gasteiger partial charge in [0.25, 0.3) is 5.56 Å². The molecule has 4 rings (SSSR count). The van der Waals surface area contributed by atoms with Crippen molar-refractivity contribution in [2.75, 3.05) is 0 Å². The van der Waals surface area contributed by atoms with Gasteiger partial charge in [-0.1, -0.05) is 36.8 Å². The molecule has 1 atom stereocenters. The van der Waals surface area contributed by atoms with E-state index >= 15 is 0 Å². The van der Waals surface area contributed by atoms with Crippen LogP contribution in [0.1, 0.15) is 45.1 Å². The molecule has 1 aromatic carbocycles. The van der Waals surface area contributed by atoms with Crippen LogP contribution in [0.3, 0.4) is 0 Å². The van der Waals surface area contributed by atoms with Crippen LogP contribution in [0.15, 0.2) is 47.5 Å². The van der Waals surface area contributed by atoms with Crippen LogP contribution in [-0.2, 0) is 9.53 Å². The van der Waals surface area contributed by atoms with E-state index in [4.69, 9.17) is 4.74 Å². The minimum absolute atomic E-state index is 0.0214. The number of ether oxygens (including phenoxy) is 1. The van der Waals surface area contributed by atoms with Crippen LogP contribution in [0.25, 0.3) is 20.7 Å². The fourth-order valence-corrected chi connectivity index (χ4v) is 4.51. The highest BCUT2D eigenvalue weighted by Gasteiger charge is 2.24. The second kappa shape index (κ2) is 7.64. The number of fused-ring (bicyclic) bond motifs is 1. The number of nitrogens with zero attached hydrogens (tertiary/aromatic N) is 2. The molecule has 1 aliphatic carbocycles. The number of carbonyl (C=O) groups excluding carboxylic acids is 1. The van der Waals surface area contributed by atoms with Crippen LogP contribution in [0.4, 0.5) is 0 Å². The van der Waals surface area contributed by atoms with Gasteiger partial charge in [-0.15, -0.1) is 11.3 Å². The molecule has 0 radical (unpaired) electrons. The number of esters is 1. The van der Waals surface area contributed by atoms with Crippen molar-refractivity contribution in [3.05, 3.63) is 53.1 Å². The maximum absolute atomic E-state index is 12.9. The van der Waals surface area contributed by atoms with Crippen molar-refractivity contribution in [2.24, 2.45) is 0 Å². The van der Waals surface area contributed by atoms with Gasteiger partial charge in [0.1, 0.15) is 17.0 Å². The molecule has 0 bridgehead atoms. The van der Waals surface area contributed by atoms with E-state index < -0.39 is 6.04 Å². The normalized spacial score (nSPS) is 16.3. The van der Waals surface area contributed by atoms with Gasteiger partial charge in [-0.05, 0) is 44.2 Å². The van der Waals surface area contributed by atoms with Crippen molar-refractivity contribution in [2.45, 2.75) is 51.2 Å². The van der Waals surface area contributed by atoms with Crippen molar-refractivity contribution in [1.82, 2.24) is 9.55 Å². The molecule has 140 valence electrons. The van der Waals surface area contributed by atoms with Crippen LogP contribution >= 0.6 is 11.3 Å². The van der Waals surface area contributed by atoms with Crippen molar-refractivity contribution in [3.63, 3.8) is 0 Å². The van der Waals surface area contributed by atoms with Crippen LogP contribution < -0.4 is 5.56 Å². The second-order valence-electron chi connectivity index (χ2n) is 7.03. The summed E-state index contributed by atoms with van der Waals surface area (Å²) in [5.74, 6) is -0.358. The second-order valence-corrected chi connectivity index (χ2v) is 8.06.